The zero-order valence-electron chi connectivity index (χ0n) is 12.9. The van der Waals surface area contributed by atoms with Crippen LogP contribution in [0.3, 0.4) is 0 Å². The van der Waals surface area contributed by atoms with Gasteiger partial charge in [0, 0.05) is 17.7 Å². The van der Waals surface area contributed by atoms with Crippen LogP contribution in [0.4, 0.5) is 5.69 Å². The lowest BCUT2D eigenvalue weighted by molar-refractivity contribution is -0.385. The number of nitrogens with one attached hydrogen (secondary N) is 2. The third kappa shape index (κ3) is 3.94. The molecule has 0 aliphatic carbocycles. The van der Waals surface area contributed by atoms with Gasteiger partial charge in [-0.2, -0.15) is 0 Å². The minimum atomic E-state index is -4.14. The molecule has 0 aliphatic rings. The number of non-ortho nitro benzene ring substituents is 1. The van der Waals surface area contributed by atoms with Crippen LogP contribution in [-0.4, -0.2) is 19.2 Å². The van der Waals surface area contributed by atoms with Gasteiger partial charge in [0.1, 0.15) is 0 Å². The Bertz CT molecular complexity index is 892. The van der Waals surface area contributed by atoms with Gasteiger partial charge < -0.3 is 0 Å². The van der Waals surface area contributed by atoms with Crippen molar-refractivity contribution in [2.45, 2.75) is 18.7 Å². The highest BCUT2D eigenvalue weighted by molar-refractivity contribution is 7.89. The number of carbonyl (C=O) groups excluding carboxylic acids is 1. The Morgan fingerprint density at radius 3 is 2.29 bits per heavy atom. The highest BCUT2D eigenvalue weighted by Gasteiger charge is 2.21. The summed E-state index contributed by atoms with van der Waals surface area (Å²) in [6, 6.07) is 10.0. The molecule has 2 rings (SSSR count). The van der Waals surface area contributed by atoms with Crippen molar-refractivity contribution in [3.63, 3.8) is 0 Å². The molecular formula is C15H15N3O5S. The van der Waals surface area contributed by atoms with Crippen molar-refractivity contribution in [3.8, 4) is 0 Å². The average molecular weight is 349 g/mol. The Labute approximate surface area is 138 Å². The monoisotopic (exact) mass is 349 g/mol. The maximum absolute atomic E-state index is 12.3. The Balaban J connectivity index is 2.19. The van der Waals surface area contributed by atoms with E-state index in [2.05, 4.69) is 5.43 Å². The number of amides is 1. The Morgan fingerprint density at radius 2 is 1.71 bits per heavy atom. The van der Waals surface area contributed by atoms with Crippen LogP contribution < -0.4 is 10.3 Å². The summed E-state index contributed by atoms with van der Waals surface area (Å²) in [5.41, 5.74) is 3.28. The van der Waals surface area contributed by atoms with Crippen LogP contribution in [0.1, 0.15) is 21.5 Å². The number of nitrogens with zero attached hydrogens (tertiary/aromatic N) is 1. The summed E-state index contributed by atoms with van der Waals surface area (Å²) in [5.74, 6) is -0.637. The number of hydrazine groups is 1. The second-order valence-electron chi connectivity index (χ2n) is 5.13. The number of sulfonamides is 1. The lowest BCUT2D eigenvalue weighted by Gasteiger charge is -2.10. The molecule has 0 aliphatic heterocycles. The van der Waals surface area contributed by atoms with Crippen LogP contribution in [0, 0.1) is 24.0 Å². The SMILES string of the molecule is Cc1ccc(C(=O)NNS(=O)(=O)c2cc([N+](=O)[O-])ccc2C)cc1. The molecule has 0 heterocycles. The van der Waals surface area contributed by atoms with Gasteiger partial charge in [-0.25, -0.2) is 8.42 Å². The van der Waals surface area contributed by atoms with Gasteiger partial charge in [-0.15, -0.1) is 4.83 Å². The zero-order valence-corrected chi connectivity index (χ0v) is 13.8. The van der Waals surface area contributed by atoms with Gasteiger partial charge in [-0.05, 0) is 31.5 Å². The molecule has 9 heteroatoms. The quantitative estimate of drug-likeness (QED) is 0.630. The maximum Gasteiger partial charge on any atom is 0.270 e. The van der Waals surface area contributed by atoms with Crippen molar-refractivity contribution in [1.29, 1.82) is 0 Å². The first-order chi connectivity index (χ1) is 11.2. The van der Waals surface area contributed by atoms with Gasteiger partial charge >= 0.3 is 0 Å². The van der Waals surface area contributed by atoms with E-state index >= 15 is 0 Å². The van der Waals surface area contributed by atoms with E-state index in [9.17, 15) is 23.3 Å². The summed E-state index contributed by atoms with van der Waals surface area (Å²) in [5, 5.41) is 10.8. The third-order valence-corrected chi connectivity index (χ3v) is 4.67. The first-order valence-electron chi connectivity index (χ1n) is 6.84. The van der Waals surface area contributed by atoms with Gasteiger partial charge in [0.2, 0.25) is 0 Å². The minimum Gasteiger partial charge on any atom is -0.273 e. The molecule has 0 saturated carbocycles. The third-order valence-electron chi connectivity index (χ3n) is 3.28. The number of nitro groups is 1. The van der Waals surface area contributed by atoms with E-state index in [1.807, 2.05) is 11.8 Å². The van der Waals surface area contributed by atoms with Crippen LogP contribution >= 0.6 is 0 Å². The summed E-state index contributed by atoms with van der Waals surface area (Å²) in [6.45, 7) is 3.36. The predicted octanol–water partition coefficient (Wildman–Crippen LogP) is 1.83. The molecule has 0 aromatic heterocycles. The van der Waals surface area contributed by atoms with Gasteiger partial charge in [0.05, 0.1) is 9.82 Å². The highest BCUT2D eigenvalue weighted by atomic mass is 32.2. The number of hydrogen-bond donors (Lipinski definition) is 2. The van der Waals surface area contributed by atoms with E-state index in [-0.39, 0.29) is 16.1 Å². The second kappa shape index (κ2) is 6.77. The lowest BCUT2D eigenvalue weighted by atomic mass is 10.1. The predicted molar refractivity (Wildman–Crippen MR) is 86.8 cm³/mol. The van der Waals surface area contributed by atoms with E-state index in [4.69, 9.17) is 0 Å². The highest BCUT2D eigenvalue weighted by Crippen LogP contribution is 2.21. The smallest absolute Gasteiger partial charge is 0.270 e. The van der Waals surface area contributed by atoms with E-state index in [0.29, 0.717) is 5.56 Å². The molecule has 0 radical (unpaired) electrons. The number of rotatable bonds is 5. The van der Waals surface area contributed by atoms with Crippen molar-refractivity contribution in [2.75, 3.05) is 0 Å². The maximum atomic E-state index is 12.3. The lowest BCUT2D eigenvalue weighted by Crippen LogP contribution is -2.41. The fourth-order valence-electron chi connectivity index (χ4n) is 1.94. The molecule has 0 saturated heterocycles. The standard InChI is InChI=1S/C15H15N3O5S/c1-10-3-6-12(7-4-10)15(19)16-17-24(22,23)14-9-13(18(20)21)8-5-11(14)2/h3-9,17H,1-2H3,(H,16,19). The van der Waals surface area contributed by atoms with Gasteiger partial charge in [-0.3, -0.25) is 20.3 Å². The molecule has 1 amide bonds. The number of hydrogen-bond acceptors (Lipinski definition) is 5. The molecule has 0 atom stereocenters. The molecule has 0 spiro atoms. The first kappa shape index (κ1) is 17.6. The Morgan fingerprint density at radius 1 is 1.08 bits per heavy atom. The van der Waals surface area contributed by atoms with Crippen LogP contribution in [-0.2, 0) is 10.0 Å². The fourth-order valence-corrected chi connectivity index (χ4v) is 3.04. The van der Waals surface area contributed by atoms with E-state index < -0.39 is 20.9 Å². The number of nitro benzene ring substituents is 1. The van der Waals surface area contributed by atoms with Crippen LogP contribution in [0.15, 0.2) is 47.4 Å². The molecule has 0 unspecified atom stereocenters. The minimum absolute atomic E-state index is 0.277. The molecule has 126 valence electrons. The Hall–Kier alpha value is -2.78. The second-order valence-corrected chi connectivity index (χ2v) is 6.78. The van der Waals surface area contributed by atoms with Crippen LogP contribution in [0.2, 0.25) is 0 Å². The van der Waals surface area contributed by atoms with E-state index in [1.54, 1.807) is 24.3 Å². The largest absolute Gasteiger partial charge is 0.273 e. The molecule has 0 fully saturated rings. The molecule has 2 aromatic rings. The number of carbonyl (C=O) groups is 1. The molecule has 0 bridgehead atoms. The molecule has 24 heavy (non-hydrogen) atoms. The molecular weight excluding hydrogens is 334 g/mol. The zero-order chi connectivity index (χ0) is 17.9. The fraction of sp³-hybridized carbons (Fsp3) is 0.133. The van der Waals surface area contributed by atoms with E-state index in [1.165, 1.54) is 19.1 Å². The van der Waals surface area contributed by atoms with Gasteiger partial charge in [0.15, 0.2) is 0 Å². The van der Waals surface area contributed by atoms with Crippen molar-refractivity contribution < 1.29 is 18.1 Å². The van der Waals surface area contributed by atoms with Crippen molar-refractivity contribution in [3.05, 3.63) is 69.3 Å². The first-order valence-corrected chi connectivity index (χ1v) is 8.33. The van der Waals surface area contributed by atoms with E-state index in [0.717, 1.165) is 11.6 Å². The summed E-state index contributed by atoms with van der Waals surface area (Å²) in [6.07, 6.45) is 0. The van der Waals surface area contributed by atoms with Crippen molar-refractivity contribution >= 4 is 21.6 Å². The summed E-state index contributed by atoms with van der Waals surface area (Å²) in [4.78, 5) is 23.7. The topological polar surface area (TPSA) is 118 Å². The summed E-state index contributed by atoms with van der Waals surface area (Å²) >= 11 is 0. The molecule has 2 N–H and O–H groups in total. The molecule has 2 aromatic carbocycles. The summed E-state index contributed by atoms with van der Waals surface area (Å²) in [7, 11) is -4.14. The number of aryl methyl sites for hydroxylation is 2. The van der Waals surface area contributed by atoms with Crippen LogP contribution in [0.5, 0.6) is 0 Å². The summed E-state index contributed by atoms with van der Waals surface area (Å²) < 4.78 is 24.5. The normalized spacial score (nSPS) is 11.1. The van der Waals surface area contributed by atoms with Gasteiger partial charge in [0.25, 0.3) is 21.6 Å². The van der Waals surface area contributed by atoms with Crippen LogP contribution in [0.25, 0.3) is 0 Å². The van der Waals surface area contributed by atoms with Crippen molar-refractivity contribution in [2.24, 2.45) is 0 Å². The van der Waals surface area contributed by atoms with Gasteiger partial charge in [-0.1, -0.05) is 23.8 Å². The molecule has 8 nitrogen and oxygen atoms in total. The average Bonchev–Trinajstić information content (AvgIpc) is 2.53. The Kier molecular flexibility index (Phi) is 4.96. The van der Waals surface area contributed by atoms with Crippen molar-refractivity contribution in [1.82, 2.24) is 10.3 Å². The number of benzene rings is 2.